The van der Waals surface area contributed by atoms with Gasteiger partial charge >= 0.3 is 0 Å². The van der Waals surface area contributed by atoms with Gasteiger partial charge in [-0.25, -0.2) is 9.37 Å². The summed E-state index contributed by atoms with van der Waals surface area (Å²) in [4.78, 5) is 4.20. The van der Waals surface area contributed by atoms with Crippen LogP contribution in [-0.2, 0) is 6.42 Å². The van der Waals surface area contributed by atoms with Crippen LogP contribution < -0.4 is 0 Å². The Morgan fingerprint density at radius 3 is 2.81 bits per heavy atom. The molecule has 16 heavy (non-hydrogen) atoms. The standard InChI is InChI=1S/C12H10BrClFN/c1-2-3-7-4-8-5-9(13)10(15)6-11(8)16-12(7)14/h4-6H,2-3H2,1H3. The molecule has 0 saturated heterocycles. The van der Waals surface area contributed by atoms with Crippen molar-refractivity contribution >= 4 is 38.4 Å². The lowest BCUT2D eigenvalue weighted by Crippen LogP contribution is -1.91. The highest BCUT2D eigenvalue weighted by Crippen LogP contribution is 2.26. The molecule has 4 heteroatoms. The molecule has 0 spiro atoms. The number of hydrogen-bond acceptors (Lipinski definition) is 1. The van der Waals surface area contributed by atoms with E-state index in [0.717, 1.165) is 23.8 Å². The number of hydrogen-bond donors (Lipinski definition) is 0. The van der Waals surface area contributed by atoms with Crippen LogP contribution in [0.15, 0.2) is 22.7 Å². The Balaban J connectivity index is 2.65. The summed E-state index contributed by atoms with van der Waals surface area (Å²) >= 11 is 9.19. The van der Waals surface area contributed by atoms with Gasteiger partial charge in [0.25, 0.3) is 0 Å². The van der Waals surface area contributed by atoms with Crippen LogP contribution in [0.2, 0.25) is 5.15 Å². The third kappa shape index (κ3) is 2.20. The Morgan fingerprint density at radius 1 is 1.38 bits per heavy atom. The van der Waals surface area contributed by atoms with E-state index in [2.05, 4.69) is 27.8 Å². The van der Waals surface area contributed by atoms with Crippen molar-refractivity contribution in [2.24, 2.45) is 0 Å². The summed E-state index contributed by atoms with van der Waals surface area (Å²) in [5, 5.41) is 1.37. The first-order valence-electron chi connectivity index (χ1n) is 5.06. The van der Waals surface area contributed by atoms with Gasteiger partial charge in [0.1, 0.15) is 11.0 Å². The van der Waals surface area contributed by atoms with Gasteiger partial charge < -0.3 is 0 Å². The van der Waals surface area contributed by atoms with Gasteiger partial charge in [0.05, 0.1) is 9.99 Å². The molecule has 0 bridgehead atoms. The topological polar surface area (TPSA) is 12.9 Å². The maximum Gasteiger partial charge on any atom is 0.139 e. The first-order chi connectivity index (χ1) is 7.61. The minimum Gasteiger partial charge on any atom is -0.236 e. The highest BCUT2D eigenvalue weighted by atomic mass is 79.9. The molecule has 0 radical (unpaired) electrons. The van der Waals surface area contributed by atoms with Gasteiger partial charge in [0.2, 0.25) is 0 Å². The summed E-state index contributed by atoms with van der Waals surface area (Å²) in [6.45, 7) is 2.08. The van der Waals surface area contributed by atoms with Gasteiger partial charge in [0.15, 0.2) is 0 Å². The van der Waals surface area contributed by atoms with Crippen molar-refractivity contribution in [2.45, 2.75) is 19.8 Å². The number of nitrogens with zero attached hydrogens (tertiary/aromatic N) is 1. The molecule has 0 atom stereocenters. The smallest absolute Gasteiger partial charge is 0.139 e. The molecular formula is C12H10BrClFN. The number of pyridine rings is 1. The summed E-state index contributed by atoms with van der Waals surface area (Å²) in [5.74, 6) is -0.320. The monoisotopic (exact) mass is 301 g/mol. The van der Waals surface area contributed by atoms with E-state index in [4.69, 9.17) is 11.6 Å². The molecule has 1 heterocycles. The molecule has 1 nitrogen and oxygen atoms in total. The largest absolute Gasteiger partial charge is 0.236 e. The van der Waals surface area contributed by atoms with Crippen LogP contribution in [-0.4, -0.2) is 4.98 Å². The van der Waals surface area contributed by atoms with E-state index in [9.17, 15) is 4.39 Å². The molecule has 84 valence electrons. The van der Waals surface area contributed by atoms with E-state index < -0.39 is 0 Å². The van der Waals surface area contributed by atoms with Gasteiger partial charge in [-0.3, -0.25) is 0 Å². The lowest BCUT2D eigenvalue weighted by atomic mass is 10.1. The first kappa shape index (κ1) is 11.8. The van der Waals surface area contributed by atoms with Crippen LogP contribution in [0, 0.1) is 5.82 Å². The predicted octanol–water partition coefficient (Wildman–Crippen LogP) is 4.74. The number of halogens is 3. The molecule has 0 aliphatic carbocycles. The van der Waals surface area contributed by atoms with Gasteiger partial charge in [-0.05, 0) is 40.0 Å². The van der Waals surface area contributed by atoms with Crippen molar-refractivity contribution < 1.29 is 4.39 Å². The number of benzene rings is 1. The van der Waals surface area contributed by atoms with Crippen LogP contribution in [0.25, 0.3) is 10.9 Å². The van der Waals surface area contributed by atoms with Gasteiger partial charge in [-0.1, -0.05) is 24.9 Å². The molecule has 0 aliphatic rings. The number of aromatic nitrogens is 1. The molecule has 0 saturated carbocycles. The van der Waals surface area contributed by atoms with E-state index in [1.54, 1.807) is 6.07 Å². The van der Waals surface area contributed by atoms with Crippen LogP contribution in [0.5, 0.6) is 0 Å². The zero-order valence-corrected chi connectivity index (χ0v) is 11.1. The number of fused-ring (bicyclic) bond motifs is 1. The third-order valence-corrected chi connectivity index (χ3v) is 3.34. The van der Waals surface area contributed by atoms with E-state index in [1.165, 1.54) is 6.07 Å². The Kier molecular flexibility index (Phi) is 3.45. The molecule has 0 N–H and O–H groups in total. The summed E-state index contributed by atoms with van der Waals surface area (Å²) in [6, 6.07) is 5.09. The second kappa shape index (κ2) is 4.68. The summed E-state index contributed by atoms with van der Waals surface area (Å²) in [7, 11) is 0. The minimum atomic E-state index is -0.320. The normalized spacial score (nSPS) is 11.0. The lowest BCUT2D eigenvalue weighted by Gasteiger charge is -2.05. The fourth-order valence-electron chi connectivity index (χ4n) is 1.63. The Labute approximate surface area is 107 Å². The van der Waals surface area contributed by atoms with Gasteiger partial charge in [0, 0.05) is 11.5 Å². The van der Waals surface area contributed by atoms with E-state index in [-0.39, 0.29) is 5.82 Å². The van der Waals surface area contributed by atoms with Crippen LogP contribution in [0.3, 0.4) is 0 Å². The number of aryl methyl sites for hydroxylation is 1. The average Bonchev–Trinajstić information content (AvgIpc) is 2.23. The molecule has 0 aliphatic heterocycles. The van der Waals surface area contributed by atoms with E-state index in [1.807, 2.05) is 6.07 Å². The first-order valence-corrected chi connectivity index (χ1v) is 6.23. The lowest BCUT2D eigenvalue weighted by molar-refractivity contribution is 0.623. The maximum atomic E-state index is 13.3. The second-order valence-corrected chi connectivity index (χ2v) is 4.86. The van der Waals surface area contributed by atoms with Crippen molar-refractivity contribution in [1.29, 1.82) is 0 Å². The summed E-state index contributed by atoms with van der Waals surface area (Å²) in [6.07, 6.45) is 1.89. The van der Waals surface area contributed by atoms with Gasteiger partial charge in [-0.15, -0.1) is 0 Å². The zero-order chi connectivity index (χ0) is 11.7. The Bertz CT molecular complexity index is 542. The van der Waals surface area contributed by atoms with E-state index >= 15 is 0 Å². The fourth-order valence-corrected chi connectivity index (χ4v) is 2.23. The quantitative estimate of drug-likeness (QED) is 0.730. The zero-order valence-electron chi connectivity index (χ0n) is 8.73. The molecule has 2 rings (SSSR count). The maximum absolute atomic E-state index is 13.3. The molecule has 0 fully saturated rings. The summed E-state index contributed by atoms with van der Waals surface area (Å²) in [5.41, 5.74) is 1.60. The highest BCUT2D eigenvalue weighted by Gasteiger charge is 2.07. The summed E-state index contributed by atoms with van der Waals surface area (Å²) < 4.78 is 13.7. The average molecular weight is 303 g/mol. The van der Waals surface area contributed by atoms with Crippen molar-refractivity contribution in [1.82, 2.24) is 4.98 Å². The molecule has 1 aromatic heterocycles. The second-order valence-electron chi connectivity index (χ2n) is 3.65. The Morgan fingerprint density at radius 2 is 2.12 bits per heavy atom. The predicted molar refractivity (Wildman–Crippen MR) is 68.4 cm³/mol. The SMILES string of the molecule is CCCc1cc2cc(Br)c(F)cc2nc1Cl. The minimum absolute atomic E-state index is 0.320. The third-order valence-electron chi connectivity index (χ3n) is 2.40. The number of rotatable bonds is 2. The molecular weight excluding hydrogens is 292 g/mol. The van der Waals surface area contributed by atoms with Crippen LogP contribution in [0.4, 0.5) is 4.39 Å². The van der Waals surface area contributed by atoms with Gasteiger partial charge in [-0.2, -0.15) is 0 Å². The van der Waals surface area contributed by atoms with Crippen molar-refractivity contribution in [3.8, 4) is 0 Å². The fraction of sp³-hybridized carbons (Fsp3) is 0.250. The molecule has 1 aromatic carbocycles. The van der Waals surface area contributed by atoms with Crippen LogP contribution in [0.1, 0.15) is 18.9 Å². The van der Waals surface area contributed by atoms with E-state index in [0.29, 0.717) is 15.1 Å². The van der Waals surface area contributed by atoms with Crippen molar-refractivity contribution in [2.75, 3.05) is 0 Å². The molecule has 0 amide bonds. The van der Waals surface area contributed by atoms with Crippen molar-refractivity contribution in [3.05, 3.63) is 39.2 Å². The van der Waals surface area contributed by atoms with Crippen molar-refractivity contribution in [3.63, 3.8) is 0 Å². The molecule has 0 unspecified atom stereocenters. The Hall–Kier alpha value is -0.670. The molecule has 2 aromatic rings. The highest BCUT2D eigenvalue weighted by molar-refractivity contribution is 9.10. The van der Waals surface area contributed by atoms with Crippen LogP contribution >= 0.6 is 27.5 Å².